The van der Waals surface area contributed by atoms with Crippen LogP contribution in [0.4, 0.5) is 4.39 Å². The van der Waals surface area contributed by atoms with Crippen LogP contribution in [0.25, 0.3) is 6.08 Å². The predicted octanol–water partition coefficient (Wildman–Crippen LogP) is 1.68. The minimum atomic E-state index is -0.996. The van der Waals surface area contributed by atoms with Crippen molar-refractivity contribution in [2.24, 2.45) is 0 Å². The third kappa shape index (κ3) is 2.49. The van der Waals surface area contributed by atoms with Crippen LogP contribution in [0.1, 0.15) is 18.4 Å². The van der Waals surface area contributed by atoms with Gasteiger partial charge in [-0.25, -0.2) is 9.18 Å². The number of nitrogens with zero attached hydrogens (tertiary/aromatic N) is 1. The van der Waals surface area contributed by atoms with Crippen molar-refractivity contribution in [1.82, 2.24) is 4.90 Å². The number of carboxylic acid groups (broad SMARTS) is 1. The van der Waals surface area contributed by atoms with Gasteiger partial charge in [0.05, 0.1) is 5.57 Å². The molecule has 0 bridgehead atoms. The summed E-state index contributed by atoms with van der Waals surface area (Å²) in [5.41, 5.74) is 0.844. The molecule has 1 atom stereocenters. The summed E-state index contributed by atoms with van der Waals surface area (Å²) in [4.78, 5) is 24.9. The van der Waals surface area contributed by atoms with Crippen molar-refractivity contribution >= 4 is 18.0 Å². The van der Waals surface area contributed by atoms with Crippen LogP contribution in [0.5, 0.6) is 5.75 Å². The Morgan fingerprint density at radius 3 is 2.95 bits per heavy atom. The van der Waals surface area contributed by atoms with E-state index in [1.165, 1.54) is 23.1 Å². The lowest BCUT2D eigenvalue weighted by molar-refractivity contribution is -0.147. The average Bonchev–Trinajstić information content (AvgIpc) is 2.95. The molecule has 110 valence electrons. The molecule has 1 amide bonds. The standard InChI is InChI=1S/C15H14FNO4/c16-11-3-4-13-9(7-11)6-10(8-21-13)14(18)17-5-1-2-12(17)15(19)20/h3-4,6-7,12H,1-2,5,8H2,(H,19,20)/t12-/m0/s1. The molecule has 1 fully saturated rings. The Balaban J connectivity index is 1.87. The largest absolute Gasteiger partial charge is 0.488 e. The van der Waals surface area contributed by atoms with Gasteiger partial charge in [0.25, 0.3) is 5.91 Å². The molecular weight excluding hydrogens is 277 g/mol. The van der Waals surface area contributed by atoms with Crippen LogP contribution in [0.3, 0.4) is 0 Å². The van der Waals surface area contributed by atoms with Crippen molar-refractivity contribution in [3.63, 3.8) is 0 Å². The second-order valence-corrected chi connectivity index (χ2v) is 5.14. The zero-order valence-electron chi connectivity index (χ0n) is 11.2. The van der Waals surface area contributed by atoms with E-state index in [0.717, 1.165) is 0 Å². The van der Waals surface area contributed by atoms with Gasteiger partial charge in [-0.2, -0.15) is 0 Å². The van der Waals surface area contributed by atoms with E-state index in [-0.39, 0.29) is 12.5 Å². The summed E-state index contributed by atoms with van der Waals surface area (Å²) in [5.74, 6) is -1.24. The van der Waals surface area contributed by atoms with Crippen LogP contribution in [0, 0.1) is 5.82 Å². The predicted molar refractivity (Wildman–Crippen MR) is 72.2 cm³/mol. The number of carboxylic acids is 1. The molecule has 0 saturated carbocycles. The van der Waals surface area contributed by atoms with E-state index in [0.29, 0.717) is 36.3 Å². The van der Waals surface area contributed by atoms with E-state index >= 15 is 0 Å². The first kappa shape index (κ1) is 13.6. The normalized spacial score (nSPS) is 20.5. The van der Waals surface area contributed by atoms with Crippen molar-refractivity contribution in [2.75, 3.05) is 13.2 Å². The number of likely N-dealkylation sites (tertiary alicyclic amines) is 1. The number of ether oxygens (including phenoxy) is 1. The Hall–Kier alpha value is -2.37. The summed E-state index contributed by atoms with van der Waals surface area (Å²) in [6, 6.07) is 3.31. The number of rotatable bonds is 2. The first-order valence-corrected chi connectivity index (χ1v) is 6.73. The van der Waals surface area contributed by atoms with Crippen LogP contribution in [-0.2, 0) is 9.59 Å². The molecule has 1 saturated heterocycles. The second kappa shape index (κ2) is 5.20. The number of aliphatic carboxylic acids is 1. The number of halogens is 1. The topological polar surface area (TPSA) is 66.8 Å². The lowest BCUT2D eigenvalue weighted by atomic mass is 10.1. The summed E-state index contributed by atoms with van der Waals surface area (Å²) in [7, 11) is 0. The van der Waals surface area contributed by atoms with Crippen LogP contribution in [-0.4, -0.2) is 41.1 Å². The van der Waals surface area contributed by atoms with Crippen molar-refractivity contribution in [1.29, 1.82) is 0 Å². The lowest BCUT2D eigenvalue weighted by Gasteiger charge is -2.25. The van der Waals surface area contributed by atoms with E-state index in [1.54, 1.807) is 6.08 Å². The maximum Gasteiger partial charge on any atom is 0.326 e. The molecule has 0 aliphatic carbocycles. The Labute approximate surface area is 120 Å². The molecule has 3 rings (SSSR count). The van der Waals surface area contributed by atoms with Gasteiger partial charge in [0.15, 0.2) is 0 Å². The number of carbonyl (C=O) groups is 2. The monoisotopic (exact) mass is 291 g/mol. The smallest absolute Gasteiger partial charge is 0.326 e. The van der Waals surface area contributed by atoms with Gasteiger partial charge in [-0.15, -0.1) is 0 Å². The quantitative estimate of drug-likeness (QED) is 0.900. The molecule has 1 aromatic rings. The molecule has 0 radical (unpaired) electrons. The summed E-state index contributed by atoms with van der Waals surface area (Å²) in [6.07, 6.45) is 2.70. The van der Waals surface area contributed by atoms with Crippen molar-refractivity contribution < 1.29 is 23.8 Å². The van der Waals surface area contributed by atoms with Crippen LogP contribution < -0.4 is 4.74 Å². The number of hydrogen-bond donors (Lipinski definition) is 1. The molecule has 2 heterocycles. The molecule has 6 heteroatoms. The number of fused-ring (bicyclic) bond motifs is 1. The van der Waals surface area contributed by atoms with Gasteiger partial charge in [0.2, 0.25) is 0 Å². The van der Waals surface area contributed by atoms with Crippen molar-refractivity contribution in [2.45, 2.75) is 18.9 Å². The Morgan fingerprint density at radius 1 is 1.38 bits per heavy atom. The molecule has 5 nitrogen and oxygen atoms in total. The fourth-order valence-corrected chi connectivity index (χ4v) is 2.72. The summed E-state index contributed by atoms with van der Waals surface area (Å²) in [5, 5.41) is 9.13. The highest BCUT2D eigenvalue weighted by Crippen LogP contribution is 2.29. The molecule has 1 aromatic carbocycles. The Morgan fingerprint density at radius 2 is 2.19 bits per heavy atom. The highest BCUT2D eigenvalue weighted by atomic mass is 19.1. The Kier molecular flexibility index (Phi) is 3.37. The first-order valence-electron chi connectivity index (χ1n) is 6.73. The number of carbonyl (C=O) groups excluding carboxylic acids is 1. The third-order valence-corrected chi connectivity index (χ3v) is 3.76. The summed E-state index contributed by atoms with van der Waals surface area (Å²) < 4.78 is 18.7. The maximum absolute atomic E-state index is 13.2. The molecular formula is C15H14FNO4. The maximum atomic E-state index is 13.2. The summed E-state index contributed by atoms with van der Waals surface area (Å²) in [6.45, 7) is 0.490. The van der Waals surface area contributed by atoms with E-state index in [9.17, 15) is 14.0 Å². The summed E-state index contributed by atoms with van der Waals surface area (Å²) >= 11 is 0. The fraction of sp³-hybridized carbons (Fsp3) is 0.333. The van der Waals surface area contributed by atoms with Gasteiger partial charge in [-0.3, -0.25) is 4.79 Å². The van der Waals surface area contributed by atoms with Gasteiger partial charge in [-0.05, 0) is 37.1 Å². The van der Waals surface area contributed by atoms with Gasteiger partial charge in [-0.1, -0.05) is 0 Å². The van der Waals surface area contributed by atoms with Crippen molar-refractivity contribution in [3.8, 4) is 5.75 Å². The SMILES string of the molecule is O=C(O)[C@@H]1CCCN1C(=O)C1=Cc2cc(F)ccc2OC1. The number of amides is 1. The van der Waals surface area contributed by atoms with E-state index < -0.39 is 17.8 Å². The highest BCUT2D eigenvalue weighted by Gasteiger charge is 2.35. The molecule has 1 N–H and O–H groups in total. The van der Waals surface area contributed by atoms with Gasteiger partial charge in [0, 0.05) is 12.1 Å². The van der Waals surface area contributed by atoms with Gasteiger partial charge < -0.3 is 14.7 Å². The van der Waals surface area contributed by atoms with Crippen LogP contribution >= 0.6 is 0 Å². The van der Waals surface area contributed by atoms with E-state index in [2.05, 4.69) is 0 Å². The van der Waals surface area contributed by atoms with E-state index in [4.69, 9.17) is 9.84 Å². The molecule has 2 aliphatic rings. The van der Waals surface area contributed by atoms with Crippen molar-refractivity contribution in [3.05, 3.63) is 35.2 Å². The molecule has 0 spiro atoms. The molecule has 0 unspecified atom stereocenters. The molecule has 2 aliphatic heterocycles. The number of benzene rings is 1. The Bertz CT molecular complexity index is 641. The number of hydrogen-bond acceptors (Lipinski definition) is 3. The van der Waals surface area contributed by atoms with E-state index in [1.807, 2.05) is 0 Å². The minimum absolute atomic E-state index is 0.0697. The molecule has 21 heavy (non-hydrogen) atoms. The zero-order valence-corrected chi connectivity index (χ0v) is 11.2. The highest BCUT2D eigenvalue weighted by molar-refractivity contribution is 6.01. The second-order valence-electron chi connectivity index (χ2n) is 5.14. The van der Waals surface area contributed by atoms with Gasteiger partial charge >= 0.3 is 5.97 Å². The lowest BCUT2D eigenvalue weighted by Crippen LogP contribution is -2.42. The molecule has 0 aromatic heterocycles. The minimum Gasteiger partial charge on any atom is -0.488 e. The average molecular weight is 291 g/mol. The van der Waals surface area contributed by atoms with Crippen LogP contribution in [0.15, 0.2) is 23.8 Å². The van der Waals surface area contributed by atoms with Gasteiger partial charge in [0.1, 0.15) is 24.2 Å². The first-order chi connectivity index (χ1) is 10.1. The zero-order chi connectivity index (χ0) is 15.0. The van der Waals surface area contributed by atoms with Crippen LogP contribution in [0.2, 0.25) is 0 Å². The third-order valence-electron chi connectivity index (χ3n) is 3.76. The fourth-order valence-electron chi connectivity index (χ4n) is 2.72.